The fraction of sp³-hybridized carbons (Fsp3) is 0.562. The molecule has 7 heteroatoms. The average molecular weight is 317 g/mol. The summed E-state index contributed by atoms with van der Waals surface area (Å²) in [6.45, 7) is 5.97. The summed E-state index contributed by atoms with van der Waals surface area (Å²) in [4.78, 5) is 32.4. The van der Waals surface area contributed by atoms with Crippen molar-refractivity contribution < 1.29 is 9.59 Å². The van der Waals surface area contributed by atoms with Gasteiger partial charge in [-0.05, 0) is 25.0 Å². The Hall–Kier alpha value is -2.15. The molecular weight excluding hydrogens is 294 g/mol. The number of aryl methyl sites for hydroxylation is 1. The monoisotopic (exact) mass is 317 g/mol. The third kappa shape index (κ3) is 3.61. The van der Waals surface area contributed by atoms with Crippen molar-refractivity contribution in [3.05, 3.63) is 24.0 Å². The number of anilines is 1. The number of rotatable bonds is 2. The van der Waals surface area contributed by atoms with Crippen molar-refractivity contribution in [1.82, 2.24) is 20.5 Å². The highest BCUT2D eigenvalue weighted by atomic mass is 16.2. The lowest BCUT2D eigenvalue weighted by molar-refractivity contribution is -0.137. The molecule has 23 heavy (non-hydrogen) atoms. The Morgan fingerprint density at radius 1 is 1.30 bits per heavy atom. The van der Waals surface area contributed by atoms with E-state index in [1.807, 2.05) is 17.2 Å². The standard InChI is InChI=1S/C16H23N5O2/c1-12-9-17-4-3-14(12)20-5-2-6-21(8-7-20)16(23)13-10-18-11-15(22)19-13/h3-4,9,13,18H,2,5-8,10-11H2,1H3,(H,19,22). The lowest BCUT2D eigenvalue weighted by atomic mass is 10.2. The molecule has 2 N–H and O–H groups in total. The first-order valence-electron chi connectivity index (χ1n) is 8.09. The minimum absolute atomic E-state index is 0.0128. The van der Waals surface area contributed by atoms with Crippen molar-refractivity contribution in [3.63, 3.8) is 0 Å². The Labute approximate surface area is 136 Å². The van der Waals surface area contributed by atoms with Crippen molar-refractivity contribution in [3.8, 4) is 0 Å². The van der Waals surface area contributed by atoms with Crippen molar-refractivity contribution >= 4 is 17.5 Å². The van der Waals surface area contributed by atoms with Gasteiger partial charge in [-0.2, -0.15) is 0 Å². The maximum atomic E-state index is 12.6. The number of nitrogens with one attached hydrogen (secondary N) is 2. The molecule has 0 spiro atoms. The molecule has 0 aromatic carbocycles. The Bertz CT molecular complexity index is 592. The van der Waals surface area contributed by atoms with E-state index in [2.05, 4.69) is 27.4 Å². The van der Waals surface area contributed by atoms with Crippen LogP contribution in [0, 0.1) is 6.92 Å². The second kappa shape index (κ2) is 6.95. The van der Waals surface area contributed by atoms with E-state index in [0.717, 1.165) is 31.6 Å². The molecule has 2 saturated heterocycles. The van der Waals surface area contributed by atoms with Gasteiger partial charge in [-0.15, -0.1) is 0 Å². The first-order chi connectivity index (χ1) is 11.1. The molecule has 0 radical (unpaired) electrons. The lowest BCUT2D eigenvalue weighted by Gasteiger charge is -2.29. The van der Waals surface area contributed by atoms with Crippen molar-refractivity contribution in [2.45, 2.75) is 19.4 Å². The summed E-state index contributed by atoms with van der Waals surface area (Å²) < 4.78 is 0. The molecule has 7 nitrogen and oxygen atoms in total. The van der Waals surface area contributed by atoms with Crippen LogP contribution >= 0.6 is 0 Å². The number of carbonyl (C=O) groups excluding carboxylic acids is 2. The van der Waals surface area contributed by atoms with Gasteiger partial charge >= 0.3 is 0 Å². The number of pyridine rings is 1. The molecule has 2 fully saturated rings. The van der Waals surface area contributed by atoms with Gasteiger partial charge < -0.3 is 20.4 Å². The van der Waals surface area contributed by atoms with E-state index in [1.54, 1.807) is 6.20 Å². The van der Waals surface area contributed by atoms with Crippen LogP contribution in [-0.4, -0.2) is 67.0 Å². The van der Waals surface area contributed by atoms with Crippen LogP contribution in [0.3, 0.4) is 0 Å². The van der Waals surface area contributed by atoms with Gasteiger partial charge in [-0.3, -0.25) is 14.6 Å². The predicted molar refractivity (Wildman–Crippen MR) is 87.2 cm³/mol. The molecule has 0 bridgehead atoms. The first kappa shape index (κ1) is 15.7. The predicted octanol–water partition coefficient (Wildman–Crippen LogP) is -0.483. The highest BCUT2D eigenvalue weighted by Crippen LogP contribution is 2.20. The zero-order valence-electron chi connectivity index (χ0n) is 13.4. The van der Waals surface area contributed by atoms with Crippen LogP contribution in [0.4, 0.5) is 5.69 Å². The third-order valence-electron chi connectivity index (χ3n) is 4.41. The lowest BCUT2D eigenvalue weighted by Crippen LogP contribution is -2.59. The molecule has 1 unspecified atom stereocenters. The number of hydrogen-bond acceptors (Lipinski definition) is 5. The minimum Gasteiger partial charge on any atom is -0.369 e. The fourth-order valence-electron chi connectivity index (χ4n) is 3.20. The Morgan fingerprint density at radius 2 is 2.17 bits per heavy atom. The fourth-order valence-corrected chi connectivity index (χ4v) is 3.20. The molecule has 124 valence electrons. The topological polar surface area (TPSA) is 77.6 Å². The van der Waals surface area contributed by atoms with E-state index in [-0.39, 0.29) is 11.8 Å². The van der Waals surface area contributed by atoms with Crippen LogP contribution in [0.25, 0.3) is 0 Å². The van der Waals surface area contributed by atoms with E-state index >= 15 is 0 Å². The number of nitrogens with zero attached hydrogens (tertiary/aromatic N) is 3. The van der Waals surface area contributed by atoms with E-state index in [1.165, 1.54) is 5.69 Å². The summed E-state index contributed by atoms with van der Waals surface area (Å²) in [6.07, 6.45) is 4.59. The number of carbonyl (C=O) groups is 2. The van der Waals surface area contributed by atoms with E-state index < -0.39 is 6.04 Å². The number of hydrogen-bond donors (Lipinski definition) is 2. The van der Waals surface area contributed by atoms with Crippen LogP contribution in [0.2, 0.25) is 0 Å². The quantitative estimate of drug-likeness (QED) is 0.770. The molecule has 3 heterocycles. The molecule has 2 amide bonds. The second-order valence-corrected chi connectivity index (χ2v) is 6.08. The van der Waals surface area contributed by atoms with Crippen LogP contribution in [0.1, 0.15) is 12.0 Å². The molecule has 3 rings (SSSR count). The highest BCUT2D eigenvalue weighted by molar-refractivity contribution is 5.89. The Kier molecular flexibility index (Phi) is 4.76. The van der Waals surface area contributed by atoms with Gasteiger partial charge in [0.2, 0.25) is 11.8 Å². The minimum atomic E-state index is -0.439. The van der Waals surface area contributed by atoms with Gasteiger partial charge in [0.1, 0.15) is 6.04 Å². The maximum absolute atomic E-state index is 12.6. The van der Waals surface area contributed by atoms with Crippen LogP contribution in [0.5, 0.6) is 0 Å². The van der Waals surface area contributed by atoms with Crippen molar-refractivity contribution in [2.75, 3.05) is 44.2 Å². The Balaban J connectivity index is 1.63. The van der Waals surface area contributed by atoms with Crippen molar-refractivity contribution in [2.24, 2.45) is 0 Å². The number of aromatic nitrogens is 1. The molecule has 2 aliphatic heterocycles. The molecule has 1 aromatic heterocycles. The van der Waals surface area contributed by atoms with Gasteiger partial charge in [0, 0.05) is 50.8 Å². The number of amides is 2. The largest absolute Gasteiger partial charge is 0.369 e. The number of piperazine rings is 1. The summed E-state index contributed by atoms with van der Waals surface area (Å²) >= 11 is 0. The summed E-state index contributed by atoms with van der Waals surface area (Å²) in [5, 5.41) is 5.76. The van der Waals surface area contributed by atoms with Crippen LogP contribution in [0.15, 0.2) is 18.5 Å². The molecule has 2 aliphatic rings. The van der Waals surface area contributed by atoms with Crippen molar-refractivity contribution in [1.29, 1.82) is 0 Å². The zero-order valence-corrected chi connectivity index (χ0v) is 13.4. The van der Waals surface area contributed by atoms with Crippen LogP contribution < -0.4 is 15.5 Å². The van der Waals surface area contributed by atoms with Gasteiger partial charge in [-0.25, -0.2) is 0 Å². The molecule has 1 aromatic rings. The highest BCUT2D eigenvalue weighted by Gasteiger charge is 2.29. The summed E-state index contributed by atoms with van der Waals surface area (Å²) in [5.41, 5.74) is 2.33. The first-order valence-corrected chi connectivity index (χ1v) is 8.09. The van der Waals surface area contributed by atoms with Gasteiger partial charge in [0.05, 0.1) is 6.54 Å². The molecule has 0 aliphatic carbocycles. The van der Waals surface area contributed by atoms with Crippen LogP contribution in [-0.2, 0) is 9.59 Å². The van der Waals surface area contributed by atoms with E-state index in [4.69, 9.17) is 0 Å². The van der Waals surface area contributed by atoms with Gasteiger partial charge in [0.15, 0.2) is 0 Å². The molecular formula is C16H23N5O2. The van der Waals surface area contributed by atoms with E-state index in [0.29, 0.717) is 19.6 Å². The van der Waals surface area contributed by atoms with Gasteiger partial charge in [0.25, 0.3) is 0 Å². The average Bonchev–Trinajstić information content (AvgIpc) is 2.80. The Morgan fingerprint density at radius 3 is 2.96 bits per heavy atom. The summed E-state index contributed by atoms with van der Waals surface area (Å²) in [6, 6.07) is 1.59. The zero-order chi connectivity index (χ0) is 16.2. The second-order valence-electron chi connectivity index (χ2n) is 6.08. The smallest absolute Gasteiger partial charge is 0.246 e. The summed E-state index contributed by atoms with van der Waals surface area (Å²) in [5.74, 6) is -0.0997. The third-order valence-corrected chi connectivity index (χ3v) is 4.41. The normalized spacial score (nSPS) is 22.5. The SMILES string of the molecule is Cc1cnccc1N1CCCN(C(=O)C2CNCC(=O)N2)CC1. The van der Waals surface area contributed by atoms with E-state index in [9.17, 15) is 9.59 Å². The van der Waals surface area contributed by atoms with Gasteiger partial charge in [-0.1, -0.05) is 0 Å². The molecule has 1 atom stereocenters. The molecule has 0 saturated carbocycles. The summed E-state index contributed by atoms with van der Waals surface area (Å²) in [7, 11) is 0. The maximum Gasteiger partial charge on any atom is 0.246 e.